The van der Waals surface area contributed by atoms with Crippen LogP contribution in [-0.2, 0) is 14.3 Å². The number of hydrogen-bond donors (Lipinski definition) is 0. The molecule has 1 saturated carbocycles. The lowest BCUT2D eigenvalue weighted by atomic mass is 9.94. The lowest BCUT2D eigenvalue weighted by molar-refractivity contribution is -0.124. The van der Waals surface area contributed by atoms with Crippen molar-refractivity contribution >= 4 is 11.7 Å². The molecule has 1 aromatic heterocycles. The van der Waals surface area contributed by atoms with Gasteiger partial charge in [-0.25, -0.2) is 4.98 Å². The number of carbonyl (C=O) groups is 1. The summed E-state index contributed by atoms with van der Waals surface area (Å²) in [6.45, 7) is 3.01. The number of aryl methyl sites for hydroxylation is 1. The molecule has 2 rings (SSSR count). The molecule has 5 nitrogen and oxygen atoms in total. The molecule has 22 heavy (non-hydrogen) atoms. The van der Waals surface area contributed by atoms with E-state index >= 15 is 0 Å². The molecular formula is C17H26N2O3. The Labute approximate surface area is 132 Å². The second kappa shape index (κ2) is 8.86. The van der Waals surface area contributed by atoms with Crippen LogP contribution in [0.1, 0.15) is 37.7 Å². The van der Waals surface area contributed by atoms with Crippen LogP contribution in [0.15, 0.2) is 18.3 Å². The van der Waals surface area contributed by atoms with Gasteiger partial charge in [0.05, 0.1) is 13.2 Å². The average Bonchev–Trinajstić information content (AvgIpc) is 2.55. The summed E-state index contributed by atoms with van der Waals surface area (Å²) in [6, 6.07) is 4.16. The van der Waals surface area contributed by atoms with Gasteiger partial charge in [-0.05, 0) is 31.4 Å². The van der Waals surface area contributed by atoms with Crippen LogP contribution < -0.4 is 4.90 Å². The van der Waals surface area contributed by atoms with E-state index in [-0.39, 0.29) is 18.6 Å². The molecule has 0 spiro atoms. The van der Waals surface area contributed by atoms with Gasteiger partial charge in [0.2, 0.25) is 0 Å². The number of pyridine rings is 1. The number of anilines is 1. The second-order valence-electron chi connectivity index (χ2n) is 5.79. The van der Waals surface area contributed by atoms with Crippen LogP contribution in [0.5, 0.6) is 0 Å². The molecule has 0 radical (unpaired) electrons. The van der Waals surface area contributed by atoms with E-state index < -0.39 is 0 Å². The van der Waals surface area contributed by atoms with E-state index in [0.29, 0.717) is 13.2 Å². The maximum Gasteiger partial charge on any atom is 0.254 e. The molecular weight excluding hydrogens is 280 g/mol. The number of amides is 1. The van der Waals surface area contributed by atoms with E-state index in [1.54, 1.807) is 7.11 Å². The summed E-state index contributed by atoms with van der Waals surface area (Å²) in [7, 11) is 1.62. The minimum Gasteiger partial charge on any atom is -0.382 e. The third-order valence-corrected chi connectivity index (χ3v) is 4.01. The molecule has 1 aliphatic rings. The number of carbonyl (C=O) groups excluding carboxylic acids is 1. The van der Waals surface area contributed by atoms with Crippen LogP contribution in [0.3, 0.4) is 0 Å². The Balaban J connectivity index is 2.06. The predicted octanol–water partition coefficient (Wildman–Crippen LogP) is 2.72. The lowest BCUT2D eigenvalue weighted by Gasteiger charge is -2.33. The van der Waals surface area contributed by atoms with E-state index in [1.807, 2.05) is 30.2 Å². The van der Waals surface area contributed by atoms with Gasteiger partial charge in [0.25, 0.3) is 5.91 Å². The van der Waals surface area contributed by atoms with Gasteiger partial charge in [-0.1, -0.05) is 25.3 Å². The highest BCUT2D eigenvalue weighted by Gasteiger charge is 2.27. The Morgan fingerprint density at radius 3 is 2.68 bits per heavy atom. The molecule has 122 valence electrons. The topological polar surface area (TPSA) is 51.7 Å². The number of methoxy groups -OCH3 is 1. The van der Waals surface area contributed by atoms with E-state index in [0.717, 1.165) is 24.2 Å². The highest BCUT2D eigenvalue weighted by molar-refractivity contribution is 5.94. The summed E-state index contributed by atoms with van der Waals surface area (Å²) >= 11 is 0. The van der Waals surface area contributed by atoms with Gasteiger partial charge < -0.3 is 9.47 Å². The van der Waals surface area contributed by atoms with Crippen molar-refractivity contribution in [1.29, 1.82) is 0 Å². The van der Waals surface area contributed by atoms with Crippen LogP contribution in [-0.4, -0.2) is 43.9 Å². The molecule has 1 fully saturated rings. The van der Waals surface area contributed by atoms with Crippen LogP contribution in [0.4, 0.5) is 5.82 Å². The third kappa shape index (κ3) is 4.78. The first-order valence-corrected chi connectivity index (χ1v) is 8.04. The van der Waals surface area contributed by atoms with Crippen molar-refractivity contribution in [3.63, 3.8) is 0 Å². The maximum absolute atomic E-state index is 12.6. The van der Waals surface area contributed by atoms with E-state index in [1.165, 1.54) is 19.3 Å². The Hall–Kier alpha value is -1.46. The fourth-order valence-corrected chi connectivity index (χ4v) is 2.83. The van der Waals surface area contributed by atoms with Gasteiger partial charge in [-0.15, -0.1) is 0 Å². The van der Waals surface area contributed by atoms with Crippen molar-refractivity contribution in [2.24, 2.45) is 0 Å². The van der Waals surface area contributed by atoms with Crippen molar-refractivity contribution in [3.05, 3.63) is 23.9 Å². The van der Waals surface area contributed by atoms with Gasteiger partial charge in [0, 0.05) is 19.3 Å². The minimum atomic E-state index is -0.0145. The smallest absolute Gasteiger partial charge is 0.254 e. The summed E-state index contributed by atoms with van der Waals surface area (Å²) in [5.41, 5.74) is 1.09. The van der Waals surface area contributed by atoms with Gasteiger partial charge in [0.1, 0.15) is 12.4 Å². The molecule has 1 aromatic rings. The number of ether oxygens (including phenoxy) is 2. The van der Waals surface area contributed by atoms with Gasteiger partial charge >= 0.3 is 0 Å². The van der Waals surface area contributed by atoms with Gasteiger partial charge in [-0.3, -0.25) is 9.69 Å². The summed E-state index contributed by atoms with van der Waals surface area (Å²) < 4.78 is 10.3. The maximum atomic E-state index is 12.6. The van der Waals surface area contributed by atoms with Crippen LogP contribution in [0.2, 0.25) is 0 Å². The molecule has 5 heteroatoms. The SMILES string of the molecule is COCCOCC(=O)N(c1ccc(C)cn1)C1CCCCC1. The van der Waals surface area contributed by atoms with Crippen molar-refractivity contribution in [2.45, 2.75) is 45.1 Å². The minimum absolute atomic E-state index is 0.0145. The molecule has 0 N–H and O–H groups in total. The average molecular weight is 306 g/mol. The van der Waals surface area contributed by atoms with E-state index in [2.05, 4.69) is 4.98 Å². The highest BCUT2D eigenvalue weighted by atomic mass is 16.5. The second-order valence-corrected chi connectivity index (χ2v) is 5.79. The Bertz CT molecular complexity index is 455. The number of rotatable bonds is 7. The molecule has 0 bridgehead atoms. The summed E-state index contributed by atoms with van der Waals surface area (Å²) in [5.74, 6) is 0.720. The Morgan fingerprint density at radius 2 is 2.05 bits per heavy atom. The molecule has 1 aliphatic carbocycles. The number of hydrogen-bond acceptors (Lipinski definition) is 4. The summed E-state index contributed by atoms with van der Waals surface area (Å²) in [4.78, 5) is 18.9. The first-order valence-electron chi connectivity index (χ1n) is 8.04. The highest BCUT2D eigenvalue weighted by Crippen LogP contribution is 2.26. The zero-order valence-corrected chi connectivity index (χ0v) is 13.6. The van der Waals surface area contributed by atoms with Crippen LogP contribution in [0.25, 0.3) is 0 Å². The fraction of sp³-hybridized carbons (Fsp3) is 0.647. The van der Waals surface area contributed by atoms with E-state index in [9.17, 15) is 4.79 Å². The predicted molar refractivity (Wildman–Crippen MR) is 86.0 cm³/mol. The molecule has 0 atom stereocenters. The van der Waals surface area contributed by atoms with Crippen molar-refractivity contribution in [2.75, 3.05) is 31.8 Å². The zero-order chi connectivity index (χ0) is 15.8. The van der Waals surface area contributed by atoms with Crippen molar-refractivity contribution in [1.82, 2.24) is 4.98 Å². The molecule has 1 heterocycles. The standard InChI is InChI=1S/C17H26N2O3/c1-14-8-9-16(18-12-14)19(15-6-4-3-5-7-15)17(20)13-22-11-10-21-2/h8-9,12,15H,3-7,10-11,13H2,1-2H3. The first kappa shape index (κ1) is 16.9. The molecule has 0 aliphatic heterocycles. The first-order chi connectivity index (χ1) is 10.7. The molecule has 1 amide bonds. The Kier molecular flexibility index (Phi) is 6.80. The van der Waals surface area contributed by atoms with Crippen LogP contribution >= 0.6 is 0 Å². The monoisotopic (exact) mass is 306 g/mol. The number of nitrogens with zero attached hydrogens (tertiary/aromatic N) is 2. The van der Waals surface area contributed by atoms with Crippen molar-refractivity contribution in [3.8, 4) is 0 Å². The molecule has 0 aromatic carbocycles. The van der Waals surface area contributed by atoms with Crippen molar-refractivity contribution < 1.29 is 14.3 Å². The summed E-state index contributed by atoms with van der Waals surface area (Å²) in [6.07, 6.45) is 7.49. The molecule has 0 saturated heterocycles. The van der Waals surface area contributed by atoms with E-state index in [4.69, 9.17) is 9.47 Å². The normalized spacial score (nSPS) is 15.7. The van der Waals surface area contributed by atoms with Crippen LogP contribution in [0, 0.1) is 6.92 Å². The quantitative estimate of drug-likeness (QED) is 0.727. The number of aromatic nitrogens is 1. The molecule has 0 unspecified atom stereocenters. The van der Waals surface area contributed by atoms with Gasteiger partial charge in [0.15, 0.2) is 0 Å². The lowest BCUT2D eigenvalue weighted by Crippen LogP contribution is -2.44. The fourth-order valence-electron chi connectivity index (χ4n) is 2.83. The summed E-state index contributed by atoms with van der Waals surface area (Å²) in [5, 5.41) is 0. The zero-order valence-electron chi connectivity index (χ0n) is 13.6. The third-order valence-electron chi connectivity index (χ3n) is 4.01. The largest absolute Gasteiger partial charge is 0.382 e. The Morgan fingerprint density at radius 1 is 1.27 bits per heavy atom. The van der Waals surface area contributed by atoms with Gasteiger partial charge in [-0.2, -0.15) is 0 Å².